The van der Waals surface area contributed by atoms with Gasteiger partial charge in [0.05, 0.1) is 31.0 Å². The number of carbonyl (C=O) groups excluding carboxylic acids is 2. The first-order chi connectivity index (χ1) is 15.0. The highest BCUT2D eigenvalue weighted by Gasteiger charge is 2.31. The van der Waals surface area contributed by atoms with Crippen LogP contribution in [-0.4, -0.2) is 59.5 Å². The highest BCUT2D eigenvalue weighted by atomic mass is 19.4. The van der Waals surface area contributed by atoms with Gasteiger partial charge in [0.25, 0.3) is 5.91 Å². The monoisotopic (exact) mass is 458 g/mol. The molecule has 0 aromatic heterocycles. The summed E-state index contributed by atoms with van der Waals surface area (Å²) in [5, 5.41) is 21.4. The third kappa shape index (κ3) is 7.01. The average molecular weight is 458 g/mol. The SMILES string of the molecule is C/C(C(=O)NCC(=O)O)=C(/O)C1=C(N(C=O)Cc2ccc(OC(F)(F)F)cc2)COCC1. The maximum atomic E-state index is 12.3. The van der Waals surface area contributed by atoms with E-state index in [1.165, 1.54) is 24.0 Å². The fourth-order valence-electron chi connectivity index (χ4n) is 2.90. The van der Waals surface area contributed by atoms with Gasteiger partial charge in [-0.1, -0.05) is 12.1 Å². The number of hydrogen-bond acceptors (Lipinski definition) is 6. The fraction of sp³-hybridized carbons (Fsp3) is 0.350. The van der Waals surface area contributed by atoms with Crippen molar-refractivity contribution in [2.75, 3.05) is 19.8 Å². The van der Waals surface area contributed by atoms with E-state index in [-0.39, 0.29) is 43.0 Å². The fourth-order valence-corrected chi connectivity index (χ4v) is 2.90. The predicted molar refractivity (Wildman–Crippen MR) is 103 cm³/mol. The van der Waals surface area contributed by atoms with Crippen molar-refractivity contribution in [2.24, 2.45) is 0 Å². The summed E-state index contributed by atoms with van der Waals surface area (Å²) in [4.78, 5) is 35.6. The highest BCUT2D eigenvalue weighted by Crippen LogP contribution is 2.28. The number of ether oxygens (including phenoxy) is 2. The lowest BCUT2D eigenvalue weighted by atomic mass is 10.0. The second-order valence-electron chi connectivity index (χ2n) is 6.70. The standard InChI is InChI=1S/C20H21F3N2O7/c1-12(19(30)24-8-17(27)28)18(29)15-6-7-31-10-16(15)25(11-26)9-13-2-4-14(5-3-13)32-20(21,22)23/h2-5,11,29H,6-10H2,1H3,(H,24,30)(H,27,28)/b18-12-. The number of allylic oxidation sites excluding steroid dienone is 1. The molecule has 0 bridgehead atoms. The van der Waals surface area contributed by atoms with Crippen LogP contribution in [0.5, 0.6) is 5.75 Å². The Bertz CT molecular complexity index is 924. The first-order valence-electron chi connectivity index (χ1n) is 9.28. The van der Waals surface area contributed by atoms with Crippen molar-refractivity contribution in [1.29, 1.82) is 0 Å². The molecule has 0 saturated carbocycles. The van der Waals surface area contributed by atoms with Crippen LogP contribution in [0.2, 0.25) is 0 Å². The third-order valence-electron chi connectivity index (χ3n) is 4.45. The average Bonchev–Trinajstić information content (AvgIpc) is 2.74. The van der Waals surface area contributed by atoms with Gasteiger partial charge in [0.2, 0.25) is 6.41 Å². The number of carbonyl (C=O) groups is 3. The molecule has 1 aromatic rings. The molecular formula is C20H21F3N2O7. The lowest BCUT2D eigenvalue weighted by Gasteiger charge is -2.28. The van der Waals surface area contributed by atoms with Gasteiger partial charge in [-0.25, -0.2) is 0 Å². The summed E-state index contributed by atoms with van der Waals surface area (Å²) in [7, 11) is 0. The first-order valence-corrected chi connectivity index (χ1v) is 9.28. The maximum absolute atomic E-state index is 12.3. The number of nitrogens with one attached hydrogen (secondary N) is 1. The molecule has 1 aliphatic heterocycles. The van der Waals surface area contributed by atoms with Crippen molar-refractivity contribution in [2.45, 2.75) is 26.3 Å². The van der Waals surface area contributed by atoms with Crippen LogP contribution in [0, 0.1) is 0 Å². The number of aliphatic hydroxyl groups excluding tert-OH is 1. The number of carboxylic acid groups (broad SMARTS) is 1. The number of nitrogens with zero attached hydrogens (tertiary/aromatic N) is 1. The number of carboxylic acids is 1. The highest BCUT2D eigenvalue weighted by molar-refractivity contribution is 5.95. The van der Waals surface area contributed by atoms with Gasteiger partial charge in [-0.3, -0.25) is 14.4 Å². The molecule has 0 spiro atoms. The molecule has 0 atom stereocenters. The van der Waals surface area contributed by atoms with Gasteiger partial charge >= 0.3 is 12.3 Å². The maximum Gasteiger partial charge on any atom is 0.573 e. The van der Waals surface area contributed by atoms with E-state index in [9.17, 15) is 32.7 Å². The molecule has 12 heteroatoms. The van der Waals surface area contributed by atoms with Gasteiger partial charge in [0.15, 0.2) is 0 Å². The zero-order valence-corrected chi connectivity index (χ0v) is 16.9. The Hall–Kier alpha value is -3.54. The molecule has 0 unspecified atom stereocenters. The van der Waals surface area contributed by atoms with Crippen LogP contribution in [-0.2, 0) is 25.7 Å². The van der Waals surface area contributed by atoms with Crippen molar-refractivity contribution < 1.29 is 47.2 Å². The van der Waals surface area contributed by atoms with Crippen LogP contribution in [0.1, 0.15) is 18.9 Å². The summed E-state index contributed by atoms with van der Waals surface area (Å²) in [6.45, 7) is 0.778. The van der Waals surface area contributed by atoms with E-state index in [0.29, 0.717) is 12.0 Å². The van der Waals surface area contributed by atoms with E-state index in [0.717, 1.165) is 12.1 Å². The summed E-state index contributed by atoms with van der Waals surface area (Å²) in [6.07, 6.45) is -4.18. The van der Waals surface area contributed by atoms with Crippen LogP contribution in [0.15, 0.2) is 46.9 Å². The lowest BCUT2D eigenvalue weighted by Crippen LogP contribution is -2.32. The molecule has 0 aliphatic carbocycles. The van der Waals surface area contributed by atoms with Crippen LogP contribution >= 0.6 is 0 Å². The molecule has 174 valence electrons. The van der Waals surface area contributed by atoms with Gasteiger partial charge in [-0.05, 0) is 24.6 Å². The second kappa shape index (κ2) is 10.7. The van der Waals surface area contributed by atoms with Gasteiger partial charge < -0.3 is 29.9 Å². The molecular weight excluding hydrogens is 437 g/mol. The number of halogens is 3. The van der Waals surface area contributed by atoms with E-state index in [1.54, 1.807) is 0 Å². The minimum Gasteiger partial charge on any atom is -0.507 e. The summed E-state index contributed by atoms with van der Waals surface area (Å²) in [5.41, 5.74) is 0.872. The van der Waals surface area contributed by atoms with Crippen molar-refractivity contribution >= 4 is 18.3 Å². The summed E-state index contributed by atoms with van der Waals surface area (Å²) in [5.74, 6) is -2.87. The Morgan fingerprint density at radius 1 is 1.25 bits per heavy atom. The Morgan fingerprint density at radius 3 is 2.47 bits per heavy atom. The second-order valence-corrected chi connectivity index (χ2v) is 6.70. The number of aliphatic carboxylic acids is 1. The summed E-state index contributed by atoms with van der Waals surface area (Å²) < 4.78 is 46.1. The lowest BCUT2D eigenvalue weighted by molar-refractivity contribution is -0.274. The molecule has 1 aliphatic rings. The van der Waals surface area contributed by atoms with Crippen molar-refractivity contribution in [3.63, 3.8) is 0 Å². The van der Waals surface area contributed by atoms with E-state index < -0.39 is 36.3 Å². The van der Waals surface area contributed by atoms with Crippen LogP contribution in [0.3, 0.4) is 0 Å². The van der Waals surface area contributed by atoms with E-state index in [4.69, 9.17) is 9.84 Å². The van der Waals surface area contributed by atoms with Crippen LogP contribution < -0.4 is 10.1 Å². The molecule has 1 heterocycles. The Labute approximate surface area is 180 Å². The van der Waals surface area contributed by atoms with Gasteiger partial charge in [0, 0.05) is 12.0 Å². The smallest absolute Gasteiger partial charge is 0.507 e. The molecule has 0 radical (unpaired) electrons. The van der Waals surface area contributed by atoms with E-state index in [1.807, 2.05) is 0 Å². The number of hydrogen-bond donors (Lipinski definition) is 3. The number of amides is 2. The molecule has 2 rings (SSSR count). The molecule has 0 fully saturated rings. The van der Waals surface area contributed by atoms with Crippen molar-refractivity contribution in [3.05, 3.63) is 52.4 Å². The minimum absolute atomic E-state index is 0.0461. The van der Waals surface area contributed by atoms with Gasteiger partial charge in [-0.2, -0.15) is 0 Å². The quantitative estimate of drug-likeness (QED) is 0.294. The topological polar surface area (TPSA) is 125 Å². The number of benzene rings is 1. The number of alkyl halides is 3. The number of aliphatic hydroxyl groups is 1. The minimum atomic E-state index is -4.83. The molecule has 3 N–H and O–H groups in total. The van der Waals surface area contributed by atoms with Crippen LogP contribution in [0.25, 0.3) is 0 Å². The molecule has 32 heavy (non-hydrogen) atoms. The zero-order valence-electron chi connectivity index (χ0n) is 16.9. The molecule has 9 nitrogen and oxygen atoms in total. The van der Waals surface area contributed by atoms with E-state index in [2.05, 4.69) is 10.1 Å². The Morgan fingerprint density at radius 2 is 1.91 bits per heavy atom. The summed E-state index contributed by atoms with van der Waals surface area (Å²) in [6, 6.07) is 4.91. The third-order valence-corrected chi connectivity index (χ3v) is 4.45. The molecule has 2 amide bonds. The van der Waals surface area contributed by atoms with Gasteiger partial charge in [0.1, 0.15) is 18.1 Å². The molecule has 1 aromatic carbocycles. The van der Waals surface area contributed by atoms with Crippen LogP contribution in [0.4, 0.5) is 13.2 Å². The summed E-state index contributed by atoms with van der Waals surface area (Å²) >= 11 is 0. The molecule has 0 saturated heterocycles. The number of rotatable bonds is 9. The first kappa shape index (κ1) is 24.7. The predicted octanol–water partition coefficient (Wildman–Crippen LogP) is 2.25. The Kier molecular flexibility index (Phi) is 8.24. The van der Waals surface area contributed by atoms with Crippen molar-refractivity contribution in [1.82, 2.24) is 10.2 Å². The normalized spacial score (nSPS) is 15.0. The largest absolute Gasteiger partial charge is 0.573 e. The Balaban J connectivity index is 2.27. The van der Waals surface area contributed by atoms with Gasteiger partial charge in [-0.15, -0.1) is 13.2 Å². The van der Waals surface area contributed by atoms with Crippen molar-refractivity contribution in [3.8, 4) is 5.75 Å². The zero-order chi connectivity index (χ0) is 23.9. The van der Waals surface area contributed by atoms with E-state index >= 15 is 0 Å².